The summed E-state index contributed by atoms with van der Waals surface area (Å²) >= 11 is 0. The molecule has 1 fully saturated rings. The molecule has 0 bridgehead atoms. The fourth-order valence-electron chi connectivity index (χ4n) is 6.44. The lowest BCUT2D eigenvalue weighted by Gasteiger charge is -2.34. The molecule has 304 valence electrons. The second kappa shape index (κ2) is 18.0. The molecule has 17 heteroatoms. The Morgan fingerprint density at radius 2 is 1.71 bits per heavy atom. The van der Waals surface area contributed by atoms with Gasteiger partial charge in [-0.15, -0.1) is 0 Å². The number of fused-ring (bicyclic) bond motifs is 1. The van der Waals surface area contributed by atoms with Crippen LogP contribution in [0.5, 0.6) is 17.2 Å². The Bertz CT molecular complexity index is 2300. The summed E-state index contributed by atoms with van der Waals surface area (Å²) in [4.78, 5) is 48.6. The predicted molar refractivity (Wildman–Crippen MR) is 217 cm³/mol. The van der Waals surface area contributed by atoms with Crippen LogP contribution in [-0.2, 0) is 30.2 Å². The van der Waals surface area contributed by atoms with Gasteiger partial charge in [0, 0.05) is 25.8 Å². The van der Waals surface area contributed by atoms with Gasteiger partial charge in [-0.25, -0.2) is 24.5 Å². The van der Waals surface area contributed by atoms with Crippen molar-refractivity contribution in [2.24, 2.45) is 5.92 Å². The maximum Gasteiger partial charge on any atom is 0.413 e. The molecule has 3 aromatic carbocycles. The van der Waals surface area contributed by atoms with Crippen molar-refractivity contribution in [2.75, 3.05) is 31.9 Å². The summed E-state index contributed by atoms with van der Waals surface area (Å²) in [5.74, 6) is -0.0799. The van der Waals surface area contributed by atoms with Crippen molar-refractivity contribution >= 4 is 42.3 Å². The number of amides is 2. The lowest BCUT2D eigenvalue weighted by atomic mass is 9.90. The van der Waals surface area contributed by atoms with E-state index >= 15 is 0 Å². The molecule has 1 saturated heterocycles. The van der Waals surface area contributed by atoms with Gasteiger partial charge in [-0.1, -0.05) is 50.8 Å². The van der Waals surface area contributed by atoms with Crippen molar-refractivity contribution < 1.29 is 42.8 Å². The highest BCUT2D eigenvalue weighted by Crippen LogP contribution is 2.46. The van der Waals surface area contributed by atoms with Crippen LogP contribution in [0.2, 0.25) is 0 Å². The van der Waals surface area contributed by atoms with Gasteiger partial charge in [0.1, 0.15) is 47.8 Å². The zero-order valence-corrected chi connectivity index (χ0v) is 33.6. The van der Waals surface area contributed by atoms with Crippen molar-refractivity contribution in [3.63, 3.8) is 0 Å². The smallest absolute Gasteiger partial charge is 0.413 e. The number of methoxy groups -OCH3 is 1. The van der Waals surface area contributed by atoms with Crippen molar-refractivity contribution in [1.29, 1.82) is 0 Å². The average molecular weight is 812 g/mol. The number of hydrogen-bond donors (Lipinski definition) is 3. The Balaban J connectivity index is 1.21. The van der Waals surface area contributed by atoms with Crippen LogP contribution in [-0.4, -0.2) is 79.8 Å². The second-order valence-corrected chi connectivity index (χ2v) is 16.3. The van der Waals surface area contributed by atoms with Crippen LogP contribution in [0.1, 0.15) is 45.2 Å². The third kappa shape index (κ3) is 9.53. The molecule has 5 aromatic rings. The summed E-state index contributed by atoms with van der Waals surface area (Å²) in [6.45, 7) is 9.35. The number of piperidine rings is 1. The predicted octanol–water partition coefficient (Wildman–Crippen LogP) is 7.65. The number of likely N-dealkylation sites (tertiary alicyclic amines) is 1. The van der Waals surface area contributed by atoms with E-state index in [1.54, 1.807) is 35.6 Å². The first-order valence-corrected chi connectivity index (χ1v) is 20.4. The number of nitrogens with zero attached hydrogens (tertiary/aromatic N) is 5. The SMILES string of the molecule is C=CC(=O)N1CCCC(n2nc(-c3ccc(Oc4ccccc4)cc3)c3c(NC(=O)OCc4ccc(OP(=O)(COC)NC(C)(C(=O)O)C(C)C)cc4)ncnc32)C1. The number of hydrogen-bond acceptors (Lipinski definition) is 11. The monoisotopic (exact) mass is 811 g/mol. The number of benzene rings is 3. The van der Waals surface area contributed by atoms with Crippen molar-refractivity contribution in [3.8, 4) is 28.5 Å². The topological polar surface area (TPSA) is 196 Å². The van der Waals surface area contributed by atoms with Gasteiger partial charge >= 0.3 is 19.6 Å². The van der Waals surface area contributed by atoms with E-state index < -0.39 is 31.0 Å². The van der Waals surface area contributed by atoms with E-state index in [1.165, 1.54) is 38.6 Å². The molecule has 3 N–H and O–H groups in total. The van der Waals surface area contributed by atoms with Gasteiger partial charge in [0.25, 0.3) is 0 Å². The highest BCUT2D eigenvalue weighted by Gasteiger charge is 2.44. The number of aromatic nitrogens is 4. The fraction of sp³-hybridized carbons (Fsp3) is 0.317. The summed E-state index contributed by atoms with van der Waals surface area (Å²) < 4.78 is 37.9. The number of carbonyl (C=O) groups is 3. The van der Waals surface area contributed by atoms with Crippen LogP contribution < -0.4 is 19.7 Å². The minimum Gasteiger partial charge on any atom is -0.480 e. The Morgan fingerprint density at radius 3 is 2.36 bits per heavy atom. The number of carbonyl (C=O) groups excluding carboxylic acids is 2. The van der Waals surface area contributed by atoms with E-state index in [4.69, 9.17) is 23.8 Å². The van der Waals surface area contributed by atoms with Gasteiger partial charge in [-0.05, 0) is 85.9 Å². The Labute approximate surface area is 335 Å². The lowest BCUT2D eigenvalue weighted by Crippen LogP contribution is -2.52. The van der Waals surface area contributed by atoms with Gasteiger partial charge in [-0.3, -0.25) is 19.5 Å². The van der Waals surface area contributed by atoms with Gasteiger partial charge in [0.2, 0.25) is 5.91 Å². The molecule has 58 heavy (non-hydrogen) atoms. The molecule has 2 aromatic heterocycles. The molecule has 0 aliphatic carbocycles. The molecule has 3 heterocycles. The van der Waals surface area contributed by atoms with Crippen molar-refractivity contribution in [2.45, 2.75) is 51.8 Å². The Kier molecular flexibility index (Phi) is 12.9. The summed E-state index contributed by atoms with van der Waals surface area (Å²) in [7, 11) is -2.49. The van der Waals surface area contributed by atoms with E-state index in [1.807, 2.05) is 54.6 Å². The largest absolute Gasteiger partial charge is 0.480 e. The highest BCUT2D eigenvalue weighted by molar-refractivity contribution is 7.57. The third-order valence-corrected chi connectivity index (χ3v) is 11.8. The van der Waals surface area contributed by atoms with Crippen molar-refractivity contribution in [1.82, 2.24) is 29.7 Å². The Morgan fingerprint density at radius 1 is 1.02 bits per heavy atom. The van der Waals surface area contributed by atoms with E-state index in [0.29, 0.717) is 46.9 Å². The molecule has 0 spiro atoms. The van der Waals surface area contributed by atoms with Crippen LogP contribution in [0, 0.1) is 5.92 Å². The number of nitrogens with one attached hydrogen (secondary N) is 2. The molecule has 0 saturated carbocycles. The molecule has 3 unspecified atom stereocenters. The fourth-order valence-corrected chi connectivity index (χ4v) is 8.47. The van der Waals surface area contributed by atoms with Crippen LogP contribution in [0.15, 0.2) is 97.8 Å². The van der Waals surface area contributed by atoms with Crippen LogP contribution in [0.25, 0.3) is 22.3 Å². The number of rotatable bonds is 16. The van der Waals surface area contributed by atoms with Gasteiger partial charge in [0.05, 0.1) is 11.4 Å². The van der Waals surface area contributed by atoms with Crippen molar-refractivity contribution in [3.05, 3.63) is 103 Å². The first-order chi connectivity index (χ1) is 27.8. The third-order valence-electron chi connectivity index (χ3n) is 9.89. The van der Waals surface area contributed by atoms with E-state index in [0.717, 1.165) is 18.4 Å². The summed E-state index contributed by atoms with van der Waals surface area (Å²) in [6.07, 6.45) is 2.99. The average Bonchev–Trinajstić information content (AvgIpc) is 3.61. The number of aliphatic carboxylic acids is 1. The molecule has 1 aliphatic heterocycles. The number of carboxylic acid groups (broad SMARTS) is 1. The number of anilines is 1. The molecule has 1 aliphatic rings. The molecular formula is C41H46N7O9P. The van der Waals surface area contributed by atoms with E-state index in [-0.39, 0.29) is 36.5 Å². The van der Waals surface area contributed by atoms with E-state index in [2.05, 4.69) is 27.0 Å². The van der Waals surface area contributed by atoms with Gasteiger partial charge in [0.15, 0.2) is 11.5 Å². The molecule has 16 nitrogen and oxygen atoms in total. The first-order valence-electron chi connectivity index (χ1n) is 18.6. The summed E-state index contributed by atoms with van der Waals surface area (Å²) in [5.41, 5.74) is 0.738. The Hall–Kier alpha value is -6.09. The molecule has 3 atom stereocenters. The summed E-state index contributed by atoms with van der Waals surface area (Å²) in [5, 5.41) is 20.8. The van der Waals surface area contributed by atoms with Gasteiger partial charge in [-0.2, -0.15) is 5.10 Å². The number of para-hydroxylation sites is 1. The lowest BCUT2D eigenvalue weighted by molar-refractivity contribution is -0.145. The number of ether oxygens (including phenoxy) is 3. The highest BCUT2D eigenvalue weighted by atomic mass is 31.2. The van der Waals surface area contributed by atoms with Crippen LogP contribution >= 0.6 is 7.52 Å². The van der Waals surface area contributed by atoms with E-state index in [9.17, 15) is 24.1 Å². The normalized spacial score (nSPS) is 16.2. The van der Waals surface area contributed by atoms with Crippen LogP contribution in [0.4, 0.5) is 10.6 Å². The standard InChI is InChI=1S/C41H46N7O9P/c1-6-34(49)47-22-10-11-30(23-47)48-38-35(36(45-48)29-16-20-32(21-17-29)56-31-12-8-7-9-13-31)37(42-25-43-38)44-40(52)55-24-28-14-18-33(19-15-28)57-58(53,26-54-5)46-41(4,27(2)3)39(50)51/h6-9,12-21,25,27,30H,1,10-11,22-24,26H2,2-5H3,(H,46,53)(H,50,51)(H,42,43,44,52). The number of carboxylic acids is 1. The van der Waals surface area contributed by atoms with Crippen LogP contribution in [0.3, 0.4) is 0 Å². The molecule has 0 radical (unpaired) electrons. The molecular weight excluding hydrogens is 765 g/mol. The first kappa shape index (κ1) is 41.5. The second-order valence-electron chi connectivity index (χ2n) is 14.2. The van der Waals surface area contributed by atoms with Gasteiger partial charge < -0.3 is 28.7 Å². The quantitative estimate of drug-likeness (QED) is 0.0650. The maximum absolute atomic E-state index is 13.7. The summed E-state index contributed by atoms with van der Waals surface area (Å²) in [6, 6.07) is 22.9. The minimum absolute atomic E-state index is 0.136. The minimum atomic E-state index is -3.83. The molecule has 2 amide bonds. The zero-order chi connectivity index (χ0) is 41.5. The zero-order valence-electron chi connectivity index (χ0n) is 32.7. The molecule has 6 rings (SSSR count). The maximum atomic E-state index is 13.7.